The van der Waals surface area contributed by atoms with E-state index < -0.39 is 22.7 Å². The van der Waals surface area contributed by atoms with Crippen molar-refractivity contribution < 1.29 is 24.5 Å². The number of hydrogen-bond acceptors (Lipinski definition) is 6. The van der Waals surface area contributed by atoms with Crippen LogP contribution in [0, 0.1) is 0 Å². The van der Waals surface area contributed by atoms with E-state index in [0.29, 0.717) is 37.0 Å². The number of carbonyl (C=O) groups excluding carboxylic acids is 1. The molecule has 5 atom stereocenters. The second-order valence-electron chi connectivity index (χ2n) is 9.03. The lowest BCUT2D eigenvalue weighted by molar-refractivity contribution is -0.233. The number of aliphatic hydroxyl groups is 1. The number of likely N-dealkylation sites (N-methyl/N-ethyl adjacent to an activating group) is 1. The van der Waals surface area contributed by atoms with E-state index in [1.807, 2.05) is 6.07 Å². The van der Waals surface area contributed by atoms with Gasteiger partial charge in [0.15, 0.2) is 23.2 Å². The van der Waals surface area contributed by atoms with Crippen molar-refractivity contribution in [2.45, 2.75) is 60.9 Å². The van der Waals surface area contributed by atoms with Crippen LogP contribution in [-0.2, 0) is 21.4 Å². The van der Waals surface area contributed by atoms with Crippen LogP contribution in [0.3, 0.4) is 0 Å². The first kappa shape index (κ1) is 16.0. The molecular weight excluding hydrogens is 346 g/mol. The molecule has 2 N–H and O–H groups in total. The lowest BCUT2D eigenvalue weighted by Crippen LogP contribution is -2.78. The Kier molecular flexibility index (Phi) is 2.66. The Hall–Kier alpha value is -2.05. The number of piperidine rings is 1. The van der Waals surface area contributed by atoms with Crippen LogP contribution in [0.1, 0.15) is 36.8 Å². The van der Waals surface area contributed by atoms with E-state index in [1.54, 1.807) is 6.07 Å². The van der Waals surface area contributed by atoms with Crippen molar-refractivity contribution in [3.05, 3.63) is 35.4 Å². The van der Waals surface area contributed by atoms with Crippen molar-refractivity contribution in [2.24, 2.45) is 0 Å². The number of phenols is 1. The highest BCUT2D eigenvalue weighted by molar-refractivity contribution is 5.91. The van der Waals surface area contributed by atoms with Crippen LogP contribution < -0.4 is 4.74 Å². The third-order valence-electron chi connectivity index (χ3n) is 7.98. The van der Waals surface area contributed by atoms with Crippen LogP contribution in [0.25, 0.3) is 0 Å². The number of esters is 1. The Morgan fingerprint density at radius 2 is 2.11 bits per heavy atom. The lowest BCUT2D eigenvalue weighted by Gasteiger charge is -2.65. The van der Waals surface area contributed by atoms with E-state index in [-0.39, 0.29) is 17.8 Å². The van der Waals surface area contributed by atoms with Gasteiger partial charge in [-0.15, -0.1) is 0 Å². The van der Waals surface area contributed by atoms with Crippen LogP contribution in [0.2, 0.25) is 0 Å². The van der Waals surface area contributed by atoms with Crippen molar-refractivity contribution in [1.82, 2.24) is 4.90 Å². The summed E-state index contributed by atoms with van der Waals surface area (Å²) < 4.78 is 12.3. The third kappa shape index (κ3) is 1.53. The molecular formula is C21H23NO5. The number of benzene rings is 1. The number of fused-ring (bicyclic) bond motifs is 1. The summed E-state index contributed by atoms with van der Waals surface area (Å²) in [5, 5.41) is 22.6. The molecule has 0 amide bonds. The minimum atomic E-state index is -0.974. The van der Waals surface area contributed by atoms with Gasteiger partial charge in [0.05, 0.1) is 11.0 Å². The number of rotatable bonds is 0. The zero-order valence-corrected chi connectivity index (χ0v) is 15.3. The fraction of sp³-hybridized carbons (Fsp3) is 0.571. The van der Waals surface area contributed by atoms with E-state index >= 15 is 0 Å². The molecule has 142 valence electrons. The summed E-state index contributed by atoms with van der Waals surface area (Å²) in [6.07, 6.45) is 2.42. The van der Waals surface area contributed by atoms with Crippen molar-refractivity contribution in [2.75, 3.05) is 13.6 Å². The Balaban J connectivity index is 1.65. The van der Waals surface area contributed by atoms with Crippen molar-refractivity contribution in [3.8, 4) is 11.5 Å². The summed E-state index contributed by atoms with van der Waals surface area (Å²) in [7, 11) is 2.06. The molecule has 0 radical (unpaired) electrons. The standard InChI is InChI=1S/C21H23NO5/c1-11-10-19(27-17(11)24)5-6-21(25)14-9-12-3-4-13(23)16-15(12)20(21,18(19)26-16)7-8-22(14)2/h3-4,14,18,23,25H,1,5-10H2,2H3/t14-,18-,19?,20-,21+/m0/s1. The van der Waals surface area contributed by atoms with Crippen LogP contribution in [0.5, 0.6) is 11.5 Å². The molecule has 1 aromatic rings. The van der Waals surface area contributed by atoms with Crippen molar-refractivity contribution in [1.29, 1.82) is 0 Å². The monoisotopic (exact) mass is 369 g/mol. The SMILES string of the molecule is C=C1CC2(CC[C@@]3(O)[C@@H]4Cc5ccc(O)c6c5[C@@]3(CCN4C)[C@H]2O6)OC1=O. The molecule has 3 heterocycles. The van der Waals surface area contributed by atoms with Gasteiger partial charge in [0, 0.05) is 23.6 Å². The van der Waals surface area contributed by atoms with Crippen LogP contribution in [-0.4, -0.2) is 58.0 Å². The van der Waals surface area contributed by atoms with Gasteiger partial charge in [-0.3, -0.25) is 0 Å². The molecule has 5 aliphatic rings. The van der Waals surface area contributed by atoms with Gasteiger partial charge < -0.3 is 24.6 Å². The average molecular weight is 369 g/mol. The molecule has 3 aliphatic heterocycles. The predicted octanol–water partition coefficient (Wildman–Crippen LogP) is 1.42. The summed E-state index contributed by atoms with van der Waals surface area (Å²) in [5.41, 5.74) is 0.0497. The molecule has 3 fully saturated rings. The van der Waals surface area contributed by atoms with Gasteiger partial charge in [-0.25, -0.2) is 4.79 Å². The van der Waals surface area contributed by atoms with Gasteiger partial charge in [-0.1, -0.05) is 12.6 Å². The van der Waals surface area contributed by atoms with Crippen molar-refractivity contribution in [3.63, 3.8) is 0 Å². The largest absolute Gasteiger partial charge is 0.504 e. The summed E-state index contributed by atoms with van der Waals surface area (Å²) in [6, 6.07) is 3.61. The van der Waals surface area contributed by atoms with Gasteiger partial charge in [-0.2, -0.15) is 0 Å². The van der Waals surface area contributed by atoms with E-state index in [0.717, 1.165) is 24.1 Å². The maximum absolute atomic E-state index is 12.2. The van der Waals surface area contributed by atoms with E-state index in [9.17, 15) is 15.0 Å². The topological polar surface area (TPSA) is 79.2 Å². The number of ether oxygens (including phenoxy) is 2. The van der Waals surface area contributed by atoms with Gasteiger partial charge in [-0.05, 0) is 50.9 Å². The molecule has 2 aliphatic carbocycles. The number of aromatic hydroxyl groups is 1. The Labute approximate surface area is 157 Å². The molecule has 1 saturated carbocycles. The second kappa shape index (κ2) is 4.50. The molecule has 6 heteroatoms. The van der Waals surface area contributed by atoms with Crippen LogP contribution in [0.4, 0.5) is 0 Å². The second-order valence-corrected chi connectivity index (χ2v) is 9.03. The molecule has 1 unspecified atom stereocenters. The first-order valence-corrected chi connectivity index (χ1v) is 9.68. The smallest absolute Gasteiger partial charge is 0.334 e. The Morgan fingerprint density at radius 3 is 2.85 bits per heavy atom. The van der Waals surface area contributed by atoms with Gasteiger partial charge in [0.2, 0.25) is 0 Å². The zero-order valence-electron chi connectivity index (χ0n) is 15.3. The maximum Gasteiger partial charge on any atom is 0.334 e. The maximum atomic E-state index is 12.2. The van der Waals surface area contributed by atoms with E-state index in [4.69, 9.17) is 9.47 Å². The highest BCUT2D eigenvalue weighted by atomic mass is 16.6. The summed E-state index contributed by atoms with van der Waals surface area (Å²) >= 11 is 0. The molecule has 2 bridgehead atoms. The van der Waals surface area contributed by atoms with Crippen LogP contribution >= 0.6 is 0 Å². The van der Waals surface area contributed by atoms with Gasteiger partial charge in [0.1, 0.15) is 0 Å². The normalized spacial score (nSPS) is 44.2. The molecule has 0 aromatic heterocycles. The fourth-order valence-electron chi connectivity index (χ4n) is 6.85. The van der Waals surface area contributed by atoms with E-state index in [2.05, 4.69) is 18.5 Å². The molecule has 1 aromatic carbocycles. The van der Waals surface area contributed by atoms with Crippen molar-refractivity contribution >= 4 is 5.97 Å². The summed E-state index contributed by atoms with van der Waals surface area (Å²) in [4.78, 5) is 14.5. The van der Waals surface area contributed by atoms with Gasteiger partial charge in [0.25, 0.3) is 0 Å². The fourth-order valence-corrected chi connectivity index (χ4v) is 6.85. The third-order valence-corrected chi connectivity index (χ3v) is 7.98. The minimum absolute atomic E-state index is 0.0157. The zero-order chi connectivity index (χ0) is 18.8. The van der Waals surface area contributed by atoms with Crippen LogP contribution in [0.15, 0.2) is 24.3 Å². The first-order chi connectivity index (χ1) is 12.8. The lowest BCUT2D eigenvalue weighted by atomic mass is 9.46. The molecule has 27 heavy (non-hydrogen) atoms. The molecule has 6 rings (SSSR count). The highest BCUT2D eigenvalue weighted by Gasteiger charge is 2.77. The highest BCUT2D eigenvalue weighted by Crippen LogP contribution is 2.68. The Morgan fingerprint density at radius 1 is 1.30 bits per heavy atom. The number of phenolic OH excluding ortho intramolecular Hbond substituents is 1. The minimum Gasteiger partial charge on any atom is -0.504 e. The number of likely N-dealkylation sites (tertiary alicyclic amines) is 1. The average Bonchev–Trinajstić information content (AvgIpc) is 3.13. The van der Waals surface area contributed by atoms with E-state index in [1.165, 1.54) is 0 Å². The summed E-state index contributed by atoms with van der Waals surface area (Å²) in [5.74, 6) is 0.186. The quantitative estimate of drug-likeness (QED) is 0.532. The molecule has 2 spiro atoms. The van der Waals surface area contributed by atoms with Gasteiger partial charge >= 0.3 is 5.97 Å². The number of carbonyl (C=O) groups is 1. The predicted molar refractivity (Wildman–Crippen MR) is 95.7 cm³/mol. The number of nitrogens with zero attached hydrogens (tertiary/aromatic N) is 1. The summed E-state index contributed by atoms with van der Waals surface area (Å²) in [6.45, 7) is 4.70. The number of hydrogen-bond donors (Lipinski definition) is 2. The first-order valence-electron chi connectivity index (χ1n) is 9.68. The Bertz CT molecular complexity index is 909. The molecule has 6 nitrogen and oxygen atoms in total. The molecule has 2 saturated heterocycles.